The highest BCUT2D eigenvalue weighted by atomic mass is 15.3. The predicted octanol–water partition coefficient (Wildman–Crippen LogP) is 1.67. The fourth-order valence-electron chi connectivity index (χ4n) is 3.17. The summed E-state index contributed by atoms with van der Waals surface area (Å²) >= 11 is 0. The third-order valence-corrected chi connectivity index (χ3v) is 4.42. The van der Waals surface area contributed by atoms with Crippen LogP contribution in [-0.2, 0) is 13.5 Å². The Kier molecular flexibility index (Phi) is 5.40. The van der Waals surface area contributed by atoms with E-state index in [0.717, 1.165) is 31.5 Å². The van der Waals surface area contributed by atoms with E-state index >= 15 is 0 Å². The number of aryl methyl sites for hydroxylation is 1. The standard InChI is InChI=1S/C15H28N4/c1-4-13-12-19(11-8-15(13)16-5-2)10-7-14-6-9-17-18(14)3/h6,9,13,15-16H,4-5,7-8,10-12H2,1-3H3. The molecule has 2 unspecified atom stereocenters. The van der Waals surface area contributed by atoms with Gasteiger partial charge in [-0.2, -0.15) is 5.10 Å². The Labute approximate surface area is 117 Å². The number of hydrogen-bond acceptors (Lipinski definition) is 3. The molecule has 4 heteroatoms. The molecule has 1 N–H and O–H groups in total. The van der Waals surface area contributed by atoms with Crippen molar-refractivity contribution in [3.8, 4) is 0 Å². The summed E-state index contributed by atoms with van der Waals surface area (Å²) in [5.74, 6) is 0.806. The van der Waals surface area contributed by atoms with E-state index < -0.39 is 0 Å². The van der Waals surface area contributed by atoms with Gasteiger partial charge in [-0.05, 0) is 31.5 Å². The van der Waals surface area contributed by atoms with Crippen LogP contribution in [0.3, 0.4) is 0 Å². The summed E-state index contributed by atoms with van der Waals surface area (Å²) in [5, 5.41) is 7.88. The van der Waals surface area contributed by atoms with Crippen molar-refractivity contribution >= 4 is 0 Å². The van der Waals surface area contributed by atoms with Gasteiger partial charge >= 0.3 is 0 Å². The number of aromatic nitrogens is 2. The number of hydrogen-bond donors (Lipinski definition) is 1. The predicted molar refractivity (Wildman–Crippen MR) is 79.2 cm³/mol. The van der Waals surface area contributed by atoms with Crippen LogP contribution in [0.1, 0.15) is 32.4 Å². The fourth-order valence-corrected chi connectivity index (χ4v) is 3.17. The lowest BCUT2D eigenvalue weighted by Gasteiger charge is -2.38. The Balaban J connectivity index is 1.81. The van der Waals surface area contributed by atoms with Crippen molar-refractivity contribution < 1.29 is 0 Å². The maximum absolute atomic E-state index is 4.24. The summed E-state index contributed by atoms with van der Waals surface area (Å²) in [6.07, 6.45) is 5.57. The van der Waals surface area contributed by atoms with Crippen LogP contribution < -0.4 is 5.32 Å². The lowest BCUT2D eigenvalue weighted by atomic mass is 9.90. The third kappa shape index (κ3) is 3.80. The van der Waals surface area contributed by atoms with Crippen LogP contribution in [0.5, 0.6) is 0 Å². The second-order valence-electron chi connectivity index (χ2n) is 5.62. The van der Waals surface area contributed by atoms with Crippen molar-refractivity contribution in [1.29, 1.82) is 0 Å². The SMILES string of the molecule is CCNC1CCN(CCc2ccnn2C)CC1CC. The van der Waals surface area contributed by atoms with Crippen LogP contribution >= 0.6 is 0 Å². The molecule has 2 atom stereocenters. The minimum absolute atomic E-state index is 0.725. The van der Waals surface area contributed by atoms with E-state index in [1.807, 2.05) is 17.9 Å². The quantitative estimate of drug-likeness (QED) is 0.848. The highest BCUT2D eigenvalue weighted by molar-refractivity contribution is 5.00. The Morgan fingerprint density at radius 1 is 1.42 bits per heavy atom. The van der Waals surface area contributed by atoms with Gasteiger partial charge in [0, 0.05) is 44.5 Å². The van der Waals surface area contributed by atoms with E-state index in [-0.39, 0.29) is 0 Å². The summed E-state index contributed by atoms with van der Waals surface area (Å²) in [4.78, 5) is 2.62. The Morgan fingerprint density at radius 3 is 2.89 bits per heavy atom. The van der Waals surface area contributed by atoms with E-state index in [9.17, 15) is 0 Å². The van der Waals surface area contributed by atoms with Crippen molar-refractivity contribution in [1.82, 2.24) is 20.0 Å². The zero-order valence-corrected chi connectivity index (χ0v) is 12.6. The smallest absolute Gasteiger partial charge is 0.0492 e. The monoisotopic (exact) mass is 264 g/mol. The summed E-state index contributed by atoms with van der Waals surface area (Å²) < 4.78 is 1.99. The Bertz CT molecular complexity index is 374. The van der Waals surface area contributed by atoms with E-state index in [1.165, 1.54) is 31.6 Å². The first-order valence-corrected chi connectivity index (χ1v) is 7.67. The largest absolute Gasteiger partial charge is 0.314 e. The highest BCUT2D eigenvalue weighted by Gasteiger charge is 2.26. The molecule has 0 aliphatic carbocycles. The van der Waals surface area contributed by atoms with E-state index in [4.69, 9.17) is 0 Å². The molecule has 0 spiro atoms. The average molecular weight is 264 g/mol. The molecule has 4 nitrogen and oxygen atoms in total. The molecule has 1 fully saturated rings. The zero-order chi connectivity index (χ0) is 13.7. The summed E-state index contributed by atoms with van der Waals surface area (Å²) in [5.41, 5.74) is 1.34. The average Bonchev–Trinajstić information content (AvgIpc) is 2.83. The summed E-state index contributed by atoms with van der Waals surface area (Å²) in [7, 11) is 2.03. The summed E-state index contributed by atoms with van der Waals surface area (Å²) in [6.45, 7) is 9.25. The molecule has 2 heterocycles. The van der Waals surface area contributed by atoms with Gasteiger partial charge in [-0.3, -0.25) is 4.68 Å². The first kappa shape index (κ1) is 14.5. The molecule has 1 saturated heterocycles. The van der Waals surface area contributed by atoms with Crippen molar-refractivity contribution in [2.75, 3.05) is 26.2 Å². The summed E-state index contributed by atoms with van der Waals surface area (Å²) in [6, 6.07) is 2.85. The number of nitrogens with one attached hydrogen (secondary N) is 1. The lowest BCUT2D eigenvalue weighted by molar-refractivity contribution is 0.136. The van der Waals surface area contributed by atoms with Gasteiger partial charge in [-0.1, -0.05) is 20.3 Å². The van der Waals surface area contributed by atoms with Crippen LogP contribution in [0.4, 0.5) is 0 Å². The van der Waals surface area contributed by atoms with Gasteiger partial charge in [0.15, 0.2) is 0 Å². The Morgan fingerprint density at radius 2 is 2.26 bits per heavy atom. The minimum atomic E-state index is 0.725. The molecule has 2 rings (SSSR count). The van der Waals surface area contributed by atoms with E-state index in [1.54, 1.807) is 0 Å². The number of piperidine rings is 1. The molecule has 1 aromatic rings. The molecule has 19 heavy (non-hydrogen) atoms. The van der Waals surface area contributed by atoms with Crippen molar-refractivity contribution in [2.45, 2.75) is 39.2 Å². The first-order valence-electron chi connectivity index (χ1n) is 7.67. The third-order valence-electron chi connectivity index (χ3n) is 4.42. The number of likely N-dealkylation sites (tertiary alicyclic amines) is 1. The molecule has 1 aliphatic rings. The highest BCUT2D eigenvalue weighted by Crippen LogP contribution is 2.20. The molecule has 0 saturated carbocycles. The first-order chi connectivity index (χ1) is 9.24. The minimum Gasteiger partial charge on any atom is -0.314 e. The van der Waals surface area contributed by atoms with Crippen molar-refractivity contribution in [3.63, 3.8) is 0 Å². The maximum atomic E-state index is 4.24. The molecule has 108 valence electrons. The van der Waals surface area contributed by atoms with Gasteiger partial charge in [-0.25, -0.2) is 0 Å². The molecule has 0 radical (unpaired) electrons. The van der Waals surface area contributed by atoms with Crippen LogP contribution in [0, 0.1) is 5.92 Å². The molecule has 0 bridgehead atoms. The Hall–Kier alpha value is -0.870. The van der Waals surface area contributed by atoms with E-state index in [0.29, 0.717) is 0 Å². The molecule has 1 aliphatic heterocycles. The van der Waals surface area contributed by atoms with Gasteiger partial charge in [-0.15, -0.1) is 0 Å². The van der Waals surface area contributed by atoms with Gasteiger partial charge in [0.2, 0.25) is 0 Å². The lowest BCUT2D eigenvalue weighted by Crippen LogP contribution is -2.49. The molecular formula is C15H28N4. The van der Waals surface area contributed by atoms with Crippen LogP contribution in [0.25, 0.3) is 0 Å². The van der Waals surface area contributed by atoms with Crippen LogP contribution in [0.2, 0.25) is 0 Å². The van der Waals surface area contributed by atoms with Gasteiger partial charge in [0.05, 0.1) is 0 Å². The topological polar surface area (TPSA) is 33.1 Å². The second kappa shape index (κ2) is 7.06. The molecule has 0 aromatic carbocycles. The molecule has 0 amide bonds. The second-order valence-corrected chi connectivity index (χ2v) is 5.62. The zero-order valence-electron chi connectivity index (χ0n) is 12.6. The normalized spacial score (nSPS) is 24.8. The van der Waals surface area contributed by atoms with Crippen molar-refractivity contribution in [3.05, 3.63) is 18.0 Å². The fraction of sp³-hybridized carbons (Fsp3) is 0.800. The van der Waals surface area contributed by atoms with Gasteiger partial charge in [0.1, 0.15) is 0 Å². The molecular weight excluding hydrogens is 236 g/mol. The van der Waals surface area contributed by atoms with Crippen molar-refractivity contribution in [2.24, 2.45) is 13.0 Å². The maximum Gasteiger partial charge on any atom is 0.0492 e. The van der Waals surface area contributed by atoms with Crippen LogP contribution in [-0.4, -0.2) is 46.9 Å². The van der Waals surface area contributed by atoms with Crippen LogP contribution in [0.15, 0.2) is 12.3 Å². The van der Waals surface area contributed by atoms with Gasteiger partial charge in [0.25, 0.3) is 0 Å². The number of rotatable bonds is 6. The molecule has 1 aromatic heterocycles. The number of nitrogens with zero attached hydrogens (tertiary/aromatic N) is 3. The van der Waals surface area contributed by atoms with Gasteiger partial charge < -0.3 is 10.2 Å². The van der Waals surface area contributed by atoms with E-state index in [2.05, 4.69) is 35.2 Å².